The minimum atomic E-state index is -4.35. The van der Waals surface area contributed by atoms with E-state index >= 15 is 0 Å². The fraction of sp³-hybridized carbons (Fsp3) is 0.0714. The Kier molecular flexibility index (Phi) is 3.21. The van der Waals surface area contributed by atoms with Gasteiger partial charge in [-0.2, -0.15) is 18.3 Å². The first-order valence-electron chi connectivity index (χ1n) is 6.02. The smallest absolute Gasteiger partial charge is 0.384 e. The second-order valence-electron chi connectivity index (χ2n) is 4.39. The normalized spacial score (nSPS) is 11.8. The number of nitrogens with zero attached hydrogens (tertiary/aromatic N) is 2. The van der Waals surface area contributed by atoms with Gasteiger partial charge in [0.2, 0.25) is 0 Å². The van der Waals surface area contributed by atoms with Crippen molar-refractivity contribution in [2.24, 2.45) is 0 Å². The molecule has 2 aromatic heterocycles. The SMILES string of the molecule is Nc1cc(-c2cccs2)nn1-c1ccc(C(F)(F)F)cc1. The first kappa shape index (κ1) is 13.7. The van der Waals surface area contributed by atoms with Crippen molar-refractivity contribution in [3.63, 3.8) is 0 Å². The molecular formula is C14H10F3N3S. The third-order valence-corrected chi connectivity index (χ3v) is 3.84. The van der Waals surface area contributed by atoms with Crippen LogP contribution in [0.5, 0.6) is 0 Å². The molecule has 3 aromatic rings. The quantitative estimate of drug-likeness (QED) is 0.771. The van der Waals surface area contributed by atoms with Gasteiger partial charge in [0.1, 0.15) is 11.5 Å². The van der Waals surface area contributed by atoms with Crippen molar-refractivity contribution in [2.75, 3.05) is 5.73 Å². The zero-order chi connectivity index (χ0) is 15.0. The van der Waals surface area contributed by atoms with Crippen LogP contribution in [0, 0.1) is 0 Å². The fourth-order valence-corrected chi connectivity index (χ4v) is 2.62. The van der Waals surface area contributed by atoms with E-state index in [1.165, 1.54) is 28.2 Å². The van der Waals surface area contributed by atoms with E-state index in [4.69, 9.17) is 5.73 Å². The van der Waals surface area contributed by atoms with E-state index in [-0.39, 0.29) is 0 Å². The standard InChI is InChI=1S/C14H10F3N3S/c15-14(16,17)9-3-5-10(6-4-9)20-13(18)8-11(19-20)12-2-1-7-21-12/h1-8H,18H2. The summed E-state index contributed by atoms with van der Waals surface area (Å²) in [5, 5.41) is 6.25. The minimum Gasteiger partial charge on any atom is -0.384 e. The number of hydrogen-bond donors (Lipinski definition) is 1. The molecular weight excluding hydrogens is 299 g/mol. The predicted molar refractivity (Wildman–Crippen MR) is 76.3 cm³/mol. The van der Waals surface area contributed by atoms with E-state index in [1.807, 2.05) is 17.5 Å². The number of hydrogen-bond acceptors (Lipinski definition) is 3. The van der Waals surface area contributed by atoms with Crippen molar-refractivity contribution in [1.82, 2.24) is 9.78 Å². The molecule has 0 fully saturated rings. The van der Waals surface area contributed by atoms with Crippen LogP contribution < -0.4 is 5.73 Å². The van der Waals surface area contributed by atoms with Gasteiger partial charge in [-0.25, -0.2) is 4.68 Å². The Bertz CT molecular complexity index is 743. The summed E-state index contributed by atoms with van der Waals surface area (Å²) in [4.78, 5) is 0.951. The topological polar surface area (TPSA) is 43.8 Å². The van der Waals surface area contributed by atoms with Crippen LogP contribution in [0.25, 0.3) is 16.3 Å². The van der Waals surface area contributed by atoms with Crippen molar-refractivity contribution < 1.29 is 13.2 Å². The molecule has 0 saturated carbocycles. The fourth-order valence-electron chi connectivity index (χ4n) is 1.94. The molecule has 0 saturated heterocycles. The Hall–Kier alpha value is -2.28. The highest BCUT2D eigenvalue weighted by Gasteiger charge is 2.30. The first-order valence-corrected chi connectivity index (χ1v) is 6.90. The van der Waals surface area contributed by atoms with Gasteiger partial charge in [-0.15, -0.1) is 11.3 Å². The van der Waals surface area contributed by atoms with Crippen LogP contribution in [-0.4, -0.2) is 9.78 Å². The molecule has 0 radical (unpaired) electrons. The van der Waals surface area contributed by atoms with Crippen molar-refractivity contribution in [2.45, 2.75) is 6.18 Å². The predicted octanol–water partition coefficient (Wildman–Crippen LogP) is 4.20. The van der Waals surface area contributed by atoms with E-state index in [2.05, 4.69) is 5.10 Å². The summed E-state index contributed by atoms with van der Waals surface area (Å²) in [5.74, 6) is 0.373. The highest BCUT2D eigenvalue weighted by Crippen LogP contribution is 2.31. The highest BCUT2D eigenvalue weighted by molar-refractivity contribution is 7.13. The second-order valence-corrected chi connectivity index (χ2v) is 5.34. The summed E-state index contributed by atoms with van der Waals surface area (Å²) >= 11 is 1.52. The Balaban J connectivity index is 1.97. The van der Waals surface area contributed by atoms with E-state index in [0.29, 0.717) is 17.2 Å². The zero-order valence-corrected chi connectivity index (χ0v) is 11.4. The number of nitrogens with two attached hydrogens (primary N) is 1. The van der Waals surface area contributed by atoms with Gasteiger partial charge < -0.3 is 5.73 Å². The van der Waals surface area contributed by atoms with Crippen LogP contribution in [-0.2, 0) is 6.18 Å². The lowest BCUT2D eigenvalue weighted by Crippen LogP contribution is -2.06. The maximum atomic E-state index is 12.5. The van der Waals surface area contributed by atoms with Gasteiger partial charge in [0, 0.05) is 6.07 Å². The summed E-state index contributed by atoms with van der Waals surface area (Å²) in [6.07, 6.45) is -4.35. The van der Waals surface area contributed by atoms with Gasteiger partial charge in [-0.1, -0.05) is 6.07 Å². The molecule has 2 heterocycles. The molecule has 3 rings (SSSR count). The number of nitrogen functional groups attached to an aromatic ring is 1. The van der Waals surface area contributed by atoms with Crippen molar-refractivity contribution in [3.8, 4) is 16.3 Å². The molecule has 0 spiro atoms. The lowest BCUT2D eigenvalue weighted by atomic mass is 10.2. The average molecular weight is 309 g/mol. The molecule has 0 aliphatic heterocycles. The van der Waals surface area contributed by atoms with Crippen molar-refractivity contribution in [3.05, 3.63) is 53.4 Å². The lowest BCUT2D eigenvalue weighted by Gasteiger charge is -2.08. The Morgan fingerprint density at radius 3 is 2.38 bits per heavy atom. The molecule has 0 amide bonds. The highest BCUT2D eigenvalue weighted by atomic mass is 32.1. The molecule has 0 aliphatic carbocycles. The van der Waals surface area contributed by atoms with E-state index in [0.717, 1.165) is 17.0 Å². The van der Waals surface area contributed by atoms with Gasteiger partial charge in [0.15, 0.2) is 0 Å². The molecule has 21 heavy (non-hydrogen) atoms. The number of alkyl halides is 3. The van der Waals surface area contributed by atoms with Crippen LogP contribution >= 0.6 is 11.3 Å². The van der Waals surface area contributed by atoms with Gasteiger partial charge in [0.05, 0.1) is 16.1 Å². The average Bonchev–Trinajstić information content (AvgIpc) is 3.07. The van der Waals surface area contributed by atoms with Crippen LogP contribution in [0.15, 0.2) is 47.8 Å². The minimum absolute atomic E-state index is 0.373. The summed E-state index contributed by atoms with van der Waals surface area (Å²) in [5.41, 5.74) is 6.37. The molecule has 1 aromatic carbocycles. The third-order valence-electron chi connectivity index (χ3n) is 2.95. The lowest BCUT2D eigenvalue weighted by molar-refractivity contribution is -0.137. The number of thiophene rings is 1. The maximum Gasteiger partial charge on any atom is 0.416 e. The number of benzene rings is 1. The summed E-state index contributed by atoms with van der Waals surface area (Å²) in [6.45, 7) is 0. The van der Waals surface area contributed by atoms with Gasteiger partial charge in [-0.05, 0) is 35.7 Å². The molecule has 108 valence electrons. The summed E-state index contributed by atoms with van der Waals surface area (Å²) in [7, 11) is 0. The summed E-state index contributed by atoms with van der Waals surface area (Å²) in [6, 6.07) is 10.2. The van der Waals surface area contributed by atoms with Crippen LogP contribution in [0.2, 0.25) is 0 Å². The van der Waals surface area contributed by atoms with Crippen LogP contribution in [0.4, 0.5) is 19.0 Å². The van der Waals surface area contributed by atoms with Crippen LogP contribution in [0.1, 0.15) is 5.56 Å². The van der Waals surface area contributed by atoms with Crippen LogP contribution in [0.3, 0.4) is 0 Å². The molecule has 0 unspecified atom stereocenters. The summed E-state index contributed by atoms with van der Waals surface area (Å²) < 4.78 is 39.1. The number of aromatic nitrogens is 2. The monoisotopic (exact) mass is 309 g/mol. The molecule has 0 bridgehead atoms. The molecule has 0 atom stereocenters. The van der Waals surface area contributed by atoms with Crippen molar-refractivity contribution in [1.29, 1.82) is 0 Å². The molecule has 3 nitrogen and oxygen atoms in total. The first-order chi connectivity index (χ1) is 9.95. The van der Waals surface area contributed by atoms with E-state index in [1.54, 1.807) is 6.07 Å². The van der Waals surface area contributed by atoms with Gasteiger partial charge >= 0.3 is 6.18 Å². The van der Waals surface area contributed by atoms with Gasteiger partial charge in [-0.3, -0.25) is 0 Å². The Morgan fingerprint density at radius 2 is 1.81 bits per heavy atom. The van der Waals surface area contributed by atoms with E-state index < -0.39 is 11.7 Å². The van der Waals surface area contributed by atoms with E-state index in [9.17, 15) is 13.2 Å². The Labute approximate surface area is 122 Å². The number of rotatable bonds is 2. The number of halogens is 3. The second kappa shape index (κ2) is 4.92. The van der Waals surface area contributed by atoms with Gasteiger partial charge in [0.25, 0.3) is 0 Å². The zero-order valence-electron chi connectivity index (χ0n) is 10.6. The van der Waals surface area contributed by atoms with Crippen molar-refractivity contribution >= 4 is 17.2 Å². The number of anilines is 1. The molecule has 2 N–H and O–H groups in total. The Morgan fingerprint density at radius 1 is 1.10 bits per heavy atom. The molecule has 7 heteroatoms. The largest absolute Gasteiger partial charge is 0.416 e. The maximum absolute atomic E-state index is 12.5. The molecule has 0 aliphatic rings. The third kappa shape index (κ3) is 2.64.